The number of carbonyl (C=O) groups excluding carboxylic acids is 1. The lowest BCUT2D eigenvalue weighted by Gasteiger charge is -2.13. The maximum Gasteiger partial charge on any atom is 0.253 e. The van der Waals surface area contributed by atoms with Crippen LogP contribution in [0.3, 0.4) is 0 Å². The van der Waals surface area contributed by atoms with E-state index in [0.29, 0.717) is 28.3 Å². The van der Waals surface area contributed by atoms with E-state index in [0.717, 1.165) is 22.7 Å². The average Bonchev–Trinajstić information content (AvgIpc) is 3.40. The molecule has 0 saturated carbocycles. The molecule has 206 valence electrons. The van der Waals surface area contributed by atoms with Crippen LogP contribution < -0.4 is 15.5 Å². The van der Waals surface area contributed by atoms with Crippen molar-refractivity contribution in [3.05, 3.63) is 126 Å². The Balaban J connectivity index is 1.23. The van der Waals surface area contributed by atoms with Crippen molar-refractivity contribution < 1.29 is 9.53 Å². The van der Waals surface area contributed by atoms with Gasteiger partial charge in [-0.1, -0.05) is 71.9 Å². The standard InChI is InChI=1S/C31H27ClN6O2S/c1-22(30(39)36-34-20-23-9-8-14-28(19-23)40-27-12-6-3-7-13-27)41-31-37-35-29(38(31)26-10-4-2-5-11-26)21-33-25-17-15-24(32)16-18-25/h2-20,22,33H,21H2,1H3,(H,36,39)/b34-20+. The molecular weight excluding hydrogens is 556 g/mol. The summed E-state index contributed by atoms with van der Waals surface area (Å²) in [6.07, 6.45) is 1.58. The van der Waals surface area contributed by atoms with Crippen LogP contribution in [-0.2, 0) is 11.3 Å². The predicted molar refractivity (Wildman–Crippen MR) is 164 cm³/mol. The van der Waals surface area contributed by atoms with Gasteiger partial charge in [-0.3, -0.25) is 9.36 Å². The number of hydrogen-bond donors (Lipinski definition) is 2. The third-order valence-electron chi connectivity index (χ3n) is 5.89. The number of aromatic nitrogens is 3. The fourth-order valence-corrected chi connectivity index (χ4v) is 4.84. The SMILES string of the molecule is CC(Sc1nnc(CNc2ccc(Cl)cc2)n1-c1ccccc1)C(=O)N/N=C/c1cccc(Oc2ccccc2)c1. The van der Waals surface area contributed by atoms with Crippen LogP contribution in [0, 0.1) is 0 Å². The van der Waals surface area contributed by atoms with Crippen molar-refractivity contribution in [1.82, 2.24) is 20.2 Å². The van der Waals surface area contributed by atoms with E-state index in [4.69, 9.17) is 16.3 Å². The maximum atomic E-state index is 12.9. The van der Waals surface area contributed by atoms with Crippen molar-refractivity contribution >= 4 is 41.2 Å². The minimum atomic E-state index is -0.483. The van der Waals surface area contributed by atoms with Crippen LogP contribution in [0.4, 0.5) is 5.69 Å². The van der Waals surface area contributed by atoms with E-state index in [2.05, 4.69) is 26.0 Å². The summed E-state index contributed by atoms with van der Waals surface area (Å²) in [4.78, 5) is 12.9. The van der Waals surface area contributed by atoms with Crippen molar-refractivity contribution in [1.29, 1.82) is 0 Å². The number of nitrogens with one attached hydrogen (secondary N) is 2. The van der Waals surface area contributed by atoms with Gasteiger partial charge in [-0.2, -0.15) is 5.10 Å². The molecule has 4 aromatic carbocycles. The van der Waals surface area contributed by atoms with Crippen molar-refractivity contribution in [2.75, 3.05) is 5.32 Å². The van der Waals surface area contributed by atoms with E-state index < -0.39 is 5.25 Å². The van der Waals surface area contributed by atoms with Gasteiger partial charge in [0.2, 0.25) is 0 Å². The molecule has 5 aromatic rings. The third-order valence-corrected chi connectivity index (χ3v) is 7.18. The van der Waals surface area contributed by atoms with E-state index in [1.165, 1.54) is 11.8 Å². The van der Waals surface area contributed by atoms with Gasteiger partial charge in [-0.25, -0.2) is 5.43 Å². The van der Waals surface area contributed by atoms with Gasteiger partial charge < -0.3 is 10.1 Å². The number of halogens is 1. The minimum absolute atomic E-state index is 0.258. The number of para-hydroxylation sites is 2. The Morgan fingerprint density at radius 2 is 1.66 bits per heavy atom. The molecule has 0 aliphatic rings. The van der Waals surface area contributed by atoms with Gasteiger partial charge in [0.1, 0.15) is 11.5 Å². The van der Waals surface area contributed by atoms with Gasteiger partial charge in [-0.15, -0.1) is 10.2 Å². The summed E-state index contributed by atoms with van der Waals surface area (Å²) in [6.45, 7) is 2.24. The number of thioether (sulfide) groups is 1. The van der Waals surface area contributed by atoms with Gasteiger partial charge in [0.05, 0.1) is 18.0 Å². The number of hydrazone groups is 1. The number of hydrogen-bond acceptors (Lipinski definition) is 7. The van der Waals surface area contributed by atoms with Gasteiger partial charge in [0, 0.05) is 16.4 Å². The van der Waals surface area contributed by atoms with Crippen molar-refractivity contribution in [3.8, 4) is 17.2 Å². The summed E-state index contributed by atoms with van der Waals surface area (Å²) in [5.74, 6) is 1.87. The molecule has 0 saturated heterocycles. The lowest BCUT2D eigenvalue weighted by Crippen LogP contribution is -2.27. The van der Waals surface area contributed by atoms with Gasteiger partial charge >= 0.3 is 0 Å². The fraction of sp³-hybridized carbons (Fsp3) is 0.0968. The second kappa shape index (κ2) is 13.6. The van der Waals surface area contributed by atoms with Crippen LogP contribution in [0.1, 0.15) is 18.3 Å². The Morgan fingerprint density at radius 3 is 2.41 bits per heavy atom. The molecule has 1 unspecified atom stereocenters. The lowest BCUT2D eigenvalue weighted by atomic mass is 10.2. The minimum Gasteiger partial charge on any atom is -0.457 e. The summed E-state index contributed by atoms with van der Waals surface area (Å²) in [5.41, 5.74) is 5.23. The zero-order valence-corrected chi connectivity index (χ0v) is 23.7. The zero-order chi connectivity index (χ0) is 28.4. The molecule has 1 atom stereocenters. The summed E-state index contributed by atoms with van der Waals surface area (Å²) < 4.78 is 7.81. The Kier molecular flexibility index (Phi) is 9.30. The average molecular weight is 583 g/mol. The van der Waals surface area contributed by atoms with E-state index in [1.54, 1.807) is 13.1 Å². The first-order chi connectivity index (χ1) is 20.0. The number of anilines is 1. The Morgan fingerprint density at radius 1 is 0.951 bits per heavy atom. The first kappa shape index (κ1) is 27.9. The van der Waals surface area contributed by atoms with Gasteiger partial charge in [0.25, 0.3) is 5.91 Å². The van der Waals surface area contributed by atoms with E-state index in [1.807, 2.05) is 114 Å². The van der Waals surface area contributed by atoms with Crippen molar-refractivity contribution in [3.63, 3.8) is 0 Å². The molecule has 0 aliphatic carbocycles. The fourth-order valence-electron chi connectivity index (χ4n) is 3.83. The molecule has 41 heavy (non-hydrogen) atoms. The van der Waals surface area contributed by atoms with Crippen LogP contribution in [0.5, 0.6) is 11.5 Å². The molecule has 0 aliphatic heterocycles. The molecule has 8 nitrogen and oxygen atoms in total. The normalized spacial score (nSPS) is 11.8. The quantitative estimate of drug-likeness (QED) is 0.0993. The van der Waals surface area contributed by atoms with Crippen molar-refractivity contribution in [2.45, 2.75) is 23.9 Å². The maximum absolute atomic E-state index is 12.9. The Labute approximate surface area is 247 Å². The summed E-state index contributed by atoms with van der Waals surface area (Å²) in [7, 11) is 0. The highest BCUT2D eigenvalue weighted by Crippen LogP contribution is 2.27. The lowest BCUT2D eigenvalue weighted by molar-refractivity contribution is -0.120. The zero-order valence-electron chi connectivity index (χ0n) is 22.1. The number of benzene rings is 4. The Hall–Kier alpha value is -4.60. The van der Waals surface area contributed by atoms with Crippen LogP contribution in [-0.4, -0.2) is 32.1 Å². The van der Waals surface area contributed by atoms with Crippen LogP contribution in [0.25, 0.3) is 5.69 Å². The van der Waals surface area contributed by atoms with Crippen LogP contribution >= 0.6 is 23.4 Å². The molecule has 0 fully saturated rings. The summed E-state index contributed by atoms with van der Waals surface area (Å²) >= 11 is 7.31. The molecule has 5 rings (SSSR count). The highest BCUT2D eigenvalue weighted by atomic mass is 35.5. The topological polar surface area (TPSA) is 93.4 Å². The number of nitrogens with zero attached hydrogens (tertiary/aromatic N) is 4. The monoisotopic (exact) mass is 582 g/mol. The predicted octanol–water partition coefficient (Wildman–Crippen LogP) is 6.96. The molecule has 0 bridgehead atoms. The highest BCUT2D eigenvalue weighted by Gasteiger charge is 2.21. The second-order valence-corrected chi connectivity index (χ2v) is 10.7. The van der Waals surface area contributed by atoms with Gasteiger partial charge in [-0.05, 0) is 73.2 Å². The number of rotatable bonds is 11. The molecule has 1 aromatic heterocycles. The first-order valence-corrected chi connectivity index (χ1v) is 14.1. The smallest absolute Gasteiger partial charge is 0.253 e. The van der Waals surface area contributed by atoms with Gasteiger partial charge in [0.15, 0.2) is 11.0 Å². The summed E-state index contributed by atoms with van der Waals surface area (Å²) in [5, 5.41) is 17.1. The molecular formula is C31H27ClN6O2S. The third kappa shape index (κ3) is 7.75. The van der Waals surface area contributed by atoms with Crippen LogP contribution in [0.15, 0.2) is 119 Å². The van der Waals surface area contributed by atoms with E-state index in [9.17, 15) is 4.79 Å². The molecule has 0 radical (unpaired) electrons. The van der Waals surface area contributed by atoms with E-state index >= 15 is 0 Å². The highest BCUT2D eigenvalue weighted by molar-refractivity contribution is 8.00. The van der Waals surface area contributed by atoms with Crippen LogP contribution in [0.2, 0.25) is 5.02 Å². The number of amides is 1. The number of ether oxygens (including phenoxy) is 1. The summed E-state index contributed by atoms with van der Waals surface area (Å²) in [6, 6.07) is 34.3. The molecule has 1 amide bonds. The van der Waals surface area contributed by atoms with E-state index in [-0.39, 0.29) is 5.91 Å². The second-order valence-electron chi connectivity index (χ2n) is 8.91. The molecule has 1 heterocycles. The molecule has 2 N–H and O–H groups in total. The molecule has 10 heteroatoms. The number of carbonyl (C=O) groups is 1. The molecule has 0 spiro atoms. The largest absolute Gasteiger partial charge is 0.457 e. The van der Waals surface area contributed by atoms with Crippen molar-refractivity contribution in [2.24, 2.45) is 5.10 Å². The first-order valence-electron chi connectivity index (χ1n) is 12.9. The Bertz CT molecular complexity index is 1610.